The molecular weight excluding hydrogens is 957 g/mol. The fraction of sp³-hybridized carbons (Fsp3) is 0.667. The van der Waals surface area contributed by atoms with Crippen LogP contribution in [0.15, 0.2) is 41.1 Å². The molecule has 8 heterocycles. The van der Waals surface area contributed by atoms with Crippen molar-refractivity contribution in [2.75, 3.05) is 84.4 Å². The number of nitrogens with zero attached hydrogens (tertiary/aromatic N) is 6. The summed E-state index contributed by atoms with van der Waals surface area (Å²) in [5.74, 6) is -0.912. The third-order valence-electron chi connectivity index (χ3n) is 17.1. The van der Waals surface area contributed by atoms with Gasteiger partial charge in [0.25, 0.3) is 5.91 Å². The van der Waals surface area contributed by atoms with Crippen molar-refractivity contribution in [1.82, 2.24) is 35.2 Å². The molecule has 6 bridgehead atoms. The number of esters is 1. The number of nitrogens with one attached hydrogen (secondary N) is 2. The summed E-state index contributed by atoms with van der Waals surface area (Å²) < 4.78 is 46.0. The molecule has 0 radical (unpaired) electrons. The lowest BCUT2D eigenvalue weighted by Gasteiger charge is -2.37. The quantitative estimate of drug-likeness (QED) is 0.126. The number of hydrogen-bond acceptors (Lipinski definition) is 15. The Kier molecular flexibility index (Phi) is 15.4. The van der Waals surface area contributed by atoms with Crippen molar-refractivity contribution in [2.45, 2.75) is 141 Å². The molecule has 2 amide bonds. The maximum absolute atomic E-state index is 15.0. The molecule has 4 saturated heterocycles. The van der Waals surface area contributed by atoms with Gasteiger partial charge in [0.05, 0.1) is 54.8 Å². The third-order valence-corrected chi connectivity index (χ3v) is 17.1. The number of benzene rings is 1. The SMILES string of the molecule is CCO[C@@H]1c2coc(n2)-c2ccc3c(c2)c(c(-c2cc(N4CCN(C5CC5)CC4)cnc2[C@H](C)OC)n3CCOC2CCOCC2)CC(C)(C)COC(=O)[C@@H]2CCCN(N2)C(=O)[C@H]1NC(=O)[C@@H]1[C@@H](C)[C@H]1[C@H]1CCCO1. The Morgan fingerprint density at radius 2 is 1.80 bits per heavy atom. The molecular formula is C57H78N8O10. The minimum atomic E-state index is -1.20. The van der Waals surface area contributed by atoms with Crippen LogP contribution in [0, 0.1) is 23.2 Å². The second kappa shape index (κ2) is 22.2. The Morgan fingerprint density at radius 3 is 2.55 bits per heavy atom. The summed E-state index contributed by atoms with van der Waals surface area (Å²) in [4.78, 5) is 59.0. The summed E-state index contributed by atoms with van der Waals surface area (Å²) in [6, 6.07) is 7.33. The van der Waals surface area contributed by atoms with Crippen LogP contribution in [-0.4, -0.2) is 152 Å². The van der Waals surface area contributed by atoms with Gasteiger partial charge in [0, 0.05) is 118 Å². The van der Waals surface area contributed by atoms with E-state index < -0.39 is 35.5 Å². The number of carbonyl (C=O) groups excluding carboxylic acids is 3. The lowest BCUT2D eigenvalue weighted by molar-refractivity contribution is -0.157. The van der Waals surface area contributed by atoms with Crippen LogP contribution in [0.25, 0.3) is 33.6 Å². The Labute approximate surface area is 440 Å². The van der Waals surface area contributed by atoms with Crippen molar-refractivity contribution in [3.05, 3.63) is 53.7 Å². The lowest BCUT2D eigenvalue weighted by Crippen LogP contribution is -2.61. The number of hydrogen-bond donors (Lipinski definition) is 2. The molecule has 11 rings (SSSR count). The number of oxazole rings is 1. The zero-order valence-electron chi connectivity index (χ0n) is 44.9. The fourth-order valence-electron chi connectivity index (χ4n) is 12.6. The van der Waals surface area contributed by atoms with E-state index in [1.165, 1.54) is 24.1 Å². The van der Waals surface area contributed by atoms with Gasteiger partial charge in [-0.05, 0) is 107 Å². The van der Waals surface area contributed by atoms with Crippen LogP contribution >= 0.6 is 0 Å². The molecule has 7 aliphatic rings. The van der Waals surface area contributed by atoms with Gasteiger partial charge in [-0.2, -0.15) is 0 Å². The molecule has 6 fully saturated rings. The predicted molar refractivity (Wildman–Crippen MR) is 280 cm³/mol. The Bertz CT molecular complexity index is 2680. The zero-order chi connectivity index (χ0) is 52.0. The fourth-order valence-corrected chi connectivity index (χ4v) is 12.6. The number of amides is 2. The number of carbonyl (C=O) groups is 3. The highest BCUT2D eigenvalue weighted by molar-refractivity contribution is 5.95. The van der Waals surface area contributed by atoms with Gasteiger partial charge in [0.15, 0.2) is 0 Å². The van der Waals surface area contributed by atoms with Gasteiger partial charge in [-0.1, -0.05) is 20.8 Å². The molecule has 18 nitrogen and oxygen atoms in total. The average molecular weight is 1040 g/mol. The van der Waals surface area contributed by atoms with E-state index in [1.54, 1.807) is 7.11 Å². The number of anilines is 1. The van der Waals surface area contributed by atoms with E-state index in [0.29, 0.717) is 70.4 Å². The first kappa shape index (κ1) is 52.1. The average Bonchev–Trinajstić information content (AvgIpc) is 4.19. The van der Waals surface area contributed by atoms with Crippen LogP contribution in [0.1, 0.15) is 115 Å². The summed E-state index contributed by atoms with van der Waals surface area (Å²) >= 11 is 0. The lowest BCUT2D eigenvalue weighted by atomic mass is 9.84. The van der Waals surface area contributed by atoms with Crippen molar-refractivity contribution >= 4 is 34.4 Å². The molecule has 8 atom stereocenters. The summed E-state index contributed by atoms with van der Waals surface area (Å²) in [6.07, 6.45) is 10.0. The van der Waals surface area contributed by atoms with E-state index in [-0.39, 0.29) is 55.2 Å². The Morgan fingerprint density at radius 1 is 0.987 bits per heavy atom. The summed E-state index contributed by atoms with van der Waals surface area (Å²) in [5, 5.41) is 5.57. The third kappa shape index (κ3) is 11.0. The second-order valence-corrected chi connectivity index (χ2v) is 22.9. The molecule has 2 aliphatic carbocycles. The number of ether oxygens (including phenoxy) is 6. The number of pyridine rings is 1. The standard InChI is InChI=1S/C57H78N8O10/c1-7-71-52-44-32-74-54(59-44)36-12-15-45-40(28-36)42(30-57(4,5)33-75-56(68)43-10-8-18-65(61-43)55(67)50(52)60-53(66)48-34(2)47(48)46-11-9-24-73-46)51(64(45)23-27-72-39-16-25-70-26-17-39)41-29-38(31-58-49(41)35(3)69-6)63-21-19-62(20-22-63)37-13-14-37/h12,15,28-29,31-32,34-35,37,39,43,46-48,50,52,61H,7-11,13-14,16-27,30,33H2,1-6H3,(H,60,66)/t34-,35-,43-,46+,47-,48+,50-,52+/m0/s1. The maximum Gasteiger partial charge on any atom is 0.324 e. The van der Waals surface area contributed by atoms with Crippen LogP contribution in [0.2, 0.25) is 0 Å². The predicted octanol–water partition coefficient (Wildman–Crippen LogP) is 6.79. The van der Waals surface area contributed by atoms with Crippen LogP contribution < -0.4 is 15.6 Å². The highest BCUT2D eigenvalue weighted by atomic mass is 16.5. The minimum Gasteiger partial charge on any atom is -0.464 e. The highest BCUT2D eigenvalue weighted by Crippen LogP contribution is 2.52. The van der Waals surface area contributed by atoms with E-state index >= 15 is 0 Å². The Hall–Kier alpha value is -4.95. The van der Waals surface area contributed by atoms with Gasteiger partial charge in [-0.15, -0.1) is 0 Å². The monoisotopic (exact) mass is 1030 g/mol. The summed E-state index contributed by atoms with van der Waals surface area (Å²) in [6.45, 7) is 17.9. The van der Waals surface area contributed by atoms with E-state index in [4.69, 9.17) is 42.8 Å². The molecule has 18 heteroatoms. The molecule has 2 saturated carbocycles. The molecule has 0 unspecified atom stereocenters. The number of piperazine rings is 1. The first-order valence-corrected chi connectivity index (χ1v) is 28.0. The molecule has 3 aromatic heterocycles. The number of aromatic nitrogens is 3. The number of rotatable bonds is 14. The molecule has 5 aliphatic heterocycles. The molecule has 4 aromatic rings. The van der Waals surface area contributed by atoms with Gasteiger partial charge in [0.2, 0.25) is 11.8 Å². The van der Waals surface area contributed by atoms with Crippen molar-refractivity contribution in [3.8, 4) is 22.7 Å². The molecule has 406 valence electrons. The first-order chi connectivity index (χ1) is 36.4. The van der Waals surface area contributed by atoms with Crippen molar-refractivity contribution < 1.29 is 47.2 Å². The van der Waals surface area contributed by atoms with E-state index in [1.807, 2.05) is 26.1 Å². The number of hydrazine groups is 1. The van der Waals surface area contributed by atoms with E-state index in [2.05, 4.69) is 64.1 Å². The largest absolute Gasteiger partial charge is 0.464 e. The van der Waals surface area contributed by atoms with E-state index in [0.717, 1.165) is 103 Å². The number of methoxy groups -OCH3 is 1. The number of cyclic esters (lactones) is 1. The zero-order valence-corrected chi connectivity index (χ0v) is 44.9. The Balaban J connectivity index is 1.03. The minimum absolute atomic E-state index is 0.0184. The van der Waals surface area contributed by atoms with Gasteiger partial charge < -0.3 is 47.6 Å². The molecule has 75 heavy (non-hydrogen) atoms. The topological polar surface area (TPSA) is 184 Å². The van der Waals surface area contributed by atoms with Gasteiger partial charge in [-0.3, -0.25) is 29.3 Å². The van der Waals surface area contributed by atoms with Gasteiger partial charge in [-0.25, -0.2) is 10.4 Å². The summed E-state index contributed by atoms with van der Waals surface area (Å²) in [5.41, 5.74) is 9.66. The van der Waals surface area contributed by atoms with Crippen molar-refractivity contribution in [3.63, 3.8) is 0 Å². The van der Waals surface area contributed by atoms with Gasteiger partial charge in [0.1, 0.15) is 30.1 Å². The highest BCUT2D eigenvalue weighted by Gasteiger charge is 2.57. The molecule has 0 spiro atoms. The van der Waals surface area contributed by atoms with Crippen LogP contribution in [0.3, 0.4) is 0 Å². The summed E-state index contributed by atoms with van der Waals surface area (Å²) in [7, 11) is 1.73. The number of fused-ring (bicyclic) bond motifs is 6. The van der Waals surface area contributed by atoms with Crippen LogP contribution in [0.4, 0.5) is 5.69 Å². The maximum atomic E-state index is 15.0. The second-order valence-electron chi connectivity index (χ2n) is 22.9. The van der Waals surface area contributed by atoms with Crippen molar-refractivity contribution in [1.29, 1.82) is 0 Å². The van der Waals surface area contributed by atoms with Crippen LogP contribution in [-0.2, 0) is 55.8 Å². The normalized spacial score (nSPS) is 28.3. The van der Waals surface area contributed by atoms with Gasteiger partial charge >= 0.3 is 5.97 Å². The molecule has 2 N–H and O–H groups in total. The first-order valence-electron chi connectivity index (χ1n) is 28.0. The molecule has 1 aromatic carbocycles. The van der Waals surface area contributed by atoms with Crippen LogP contribution in [0.5, 0.6) is 0 Å². The smallest absolute Gasteiger partial charge is 0.324 e. The van der Waals surface area contributed by atoms with E-state index in [9.17, 15) is 14.4 Å². The van der Waals surface area contributed by atoms with Crippen molar-refractivity contribution in [2.24, 2.45) is 23.2 Å².